The number of rotatable bonds is 5. The Hall–Kier alpha value is -1.30. The van der Waals surface area contributed by atoms with Gasteiger partial charge >= 0.3 is 12.1 Å². The van der Waals surface area contributed by atoms with E-state index >= 15 is 0 Å². The zero-order valence-electron chi connectivity index (χ0n) is 13.7. The molecule has 1 rings (SSSR count). The van der Waals surface area contributed by atoms with Gasteiger partial charge in [0.15, 0.2) is 0 Å². The molecule has 1 amide bonds. The smallest absolute Gasteiger partial charge is 0.407 e. The Balaban J connectivity index is 2.62. The van der Waals surface area contributed by atoms with Crippen LogP contribution in [-0.2, 0) is 9.53 Å². The molecule has 0 bridgehead atoms. The maximum absolute atomic E-state index is 12.3. The van der Waals surface area contributed by atoms with E-state index in [0.717, 1.165) is 6.42 Å². The minimum atomic E-state index is -0.906. The van der Waals surface area contributed by atoms with Gasteiger partial charge in [-0.15, -0.1) is 0 Å². The van der Waals surface area contributed by atoms with Gasteiger partial charge in [0.25, 0.3) is 0 Å². The number of nitrogens with one attached hydrogen (secondary N) is 1. The number of likely N-dealkylation sites (tertiary alicyclic amines) is 1. The van der Waals surface area contributed by atoms with Gasteiger partial charge in [0.1, 0.15) is 11.6 Å². The number of hydrogen-bond acceptors (Lipinski definition) is 4. The van der Waals surface area contributed by atoms with E-state index in [4.69, 9.17) is 9.84 Å². The Morgan fingerprint density at radius 2 is 2.00 bits per heavy atom. The Morgan fingerprint density at radius 1 is 1.38 bits per heavy atom. The fourth-order valence-corrected chi connectivity index (χ4v) is 2.43. The first-order valence-corrected chi connectivity index (χ1v) is 7.55. The highest BCUT2D eigenvalue weighted by Gasteiger charge is 2.32. The number of carbonyl (C=O) groups is 2. The van der Waals surface area contributed by atoms with Crippen LogP contribution in [0.5, 0.6) is 0 Å². The van der Waals surface area contributed by atoms with Crippen LogP contribution in [0.3, 0.4) is 0 Å². The molecule has 0 spiro atoms. The van der Waals surface area contributed by atoms with Crippen molar-refractivity contribution in [1.29, 1.82) is 0 Å². The first-order chi connectivity index (χ1) is 9.58. The highest BCUT2D eigenvalue weighted by molar-refractivity contribution is 5.76. The van der Waals surface area contributed by atoms with E-state index < -0.39 is 11.7 Å². The average molecular weight is 300 g/mol. The van der Waals surface area contributed by atoms with Crippen LogP contribution < -0.4 is 5.32 Å². The molecule has 1 saturated heterocycles. The van der Waals surface area contributed by atoms with Gasteiger partial charge in [-0.1, -0.05) is 13.8 Å². The number of carboxylic acid groups (broad SMARTS) is 1. The second kappa shape index (κ2) is 7.11. The molecule has 2 unspecified atom stereocenters. The highest BCUT2D eigenvalue weighted by Crippen LogP contribution is 2.16. The van der Waals surface area contributed by atoms with E-state index in [1.54, 1.807) is 0 Å². The SMILES string of the molecule is CC(C)CC(NC1CCN(C(=O)O)C1)C(=O)OC(C)(C)C. The van der Waals surface area contributed by atoms with E-state index in [9.17, 15) is 9.59 Å². The zero-order chi connectivity index (χ0) is 16.2. The number of esters is 1. The van der Waals surface area contributed by atoms with Crippen molar-refractivity contribution in [2.75, 3.05) is 13.1 Å². The summed E-state index contributed by atoms with van der Waals surface area (Å²) in [5.41, 5.74) is -0.517. The molecule has 1 aliphatic heterocycles. The monoisotopic (exact) mass is 300 g/mol. The molecule has 0 aromatic heterocycles. The molecule has 6 nitrogen and oxygen atoms in total. The van der Waals surface area contributed by atoms with Gasteiger partial charge in [-0.05, 0) is 39.5 Å². The minimum Gasteiger partial charge on any atom is -0.465 e. The van der Waals surface area contributed by atoms with Crippen molar-refractivity contribution >= 4 is 12.1 Å². The molecular weight excluding hydrogens is 272 g/mol. The number of ether oxygens (including phenoxy) is 1. The predicted molar refractivity (Wildman–Crippen MR) is 80.2 cm³/mol. The van der Waals surface area contributed by atoms with Gasteiger partial charge < -0.3 is 14.7 Å². The average Bonchev–Trinajstić information content (AvgIpc) is 2.73. The summed E-state index contributed by atoms with van der Waals surface area (Å²) in [5.74, 6) is 0.0944. The molecule has 0 aliphatic carbocycles. The lowest BCUT2D eigenvalue weighted by Crippen LogP contribution is -2.47. The van der Waals surface area contributed by atoms with Gasteiger partial charge in [-0.25, -0.2) is 4.79 Å². The topological polar surface area (TPSA) is 78.9 Å². The zero-order valence-corrected chi connectivity index (χ0v) is 13.7. The lowest BCUT2D eigenvalue weighted by molar-refractivity contribution is -0.158. The van der Waals surface area contributed by atoms with Crippen LogP contribution in [0.2, 0.25) is 0 Å². The van der Waals surface area contributed by atoms with Crippen LogP contribution in [0.4, 0.5) is 4.79 Å². The number of nitrogens with zero attached hydrogens (tertiary/aromatic N) is 1. The molecule has 21 heavy (non-hydrogen) atoms. The first kappa shape index (κ1) is 17.8. The minimum absolute atomic E-state index is 0.0115. The third-order valence-corrected chi connectivity index (χ3v) is 3.29. The quantitative estimate of drug-likeness (QED) is 0.760. The van der Waals surface area contributed by atoms with Crippen molar-refractivity contribution in [3.8, 4) is 0 Å². The maximum atomic E-state index is 12.3. The summed E-state index contributed by atoms with van der Waals surface area (Å²) in [4.78, 5) is 24.6. The van der Waals surface area contributed by atoms with E-state index in [1.807, 2.05) is 20.8 Å². The Kier molecular flexibility index (Phi) is 6.01. The standard InChI is InChI=1S/C15H28N2O4/c1-10(2)8-12(13(18)21-15(3,4)5)16-11-6-7-17(9-11)14(19)20/h10-12,16H,6-9H2,1-5H3,(H,19,20). The lowest BCUT2D eigenvalue weighted by Gasteiger charge is -2.27. The number of hydrogen-bond donors (Lipinski definition) is 2. The number of amides is 1. The van der Waals surface area contributed by atoms with Crippen molar-refractivity contribution in [2.24, 2.45) is 5.92 Å². The second-order valence-corrected chi connectivity index (χ2v) is 7.10. The summed E-state index contributed by atoms with van der Waals surface area (Å²) in [7, 11) is 0. The molecule has 0 aromatic rings. The molecular formula is C15H28N2O4. The summed E-state index contributed by atoms with van der Waals surface area (Å²) in [6.45, 7) is 10.6. The van der Waals surface area contributed by atoms with Crippen LogP contribution in [-0.4, -0.2) is 52.8 Å². The normalized spacial score (nSPS) is 20.7. The van der Waals surface area contributed by atoms with Crippen LogP contribution in [0.1, 0.15) is 47.5 Å². The summed E-state index contributed by atoms with van der Waals surface area (Å²) in [6, 6.07) is -0.375. The molecule has 1 aliphatic rings. The third kappa shape index (κ3) is 6.33. The summed E-state index contributed by atoms with van der Waals surface area (Å²) in [6.07, 6.45) is 0.499. The van der Waals surface area contributed by atoms with E-state index in [1.165, 1.54) is 4.90 Å². The van der Waals surface area contributed by atoms with Crippen LogP contribution in [0, 0.1) is 5.92 Å². The lowest BCUT2D eigenvalue weighted by atomic mass is 10.0. The van der Waals surface area contributed by atoms with Crippen molar-refractivity contribution < 1.29 is 19.4 Å². The summed E-state index contributed by atoms with van der Waals surface area (Å²) >= 11 is 0. The predicted octanol–water partition coefficient (Wildman–Crippen LogP) is 2.08. The number of carbonyl (C=O) groups excluding carboxylic acids is 1. The molecule has 0 saturated carbocycles. The van der Waals surface area contributed by atoms with Crippen molar-refractivity contribution in [1.82, 2.24) is 10.2 Å². The van der Waals surface area contributed by atoms with Gasteiger partial charge in [-0.2, -0.15) is 0 Å². The summed E-state index contributed by atoms with van der Waals surface area (Å²) in [5, 5.41) is 12.3. The summed E-state index contributed by atoms with van der Waals surface area (Å²) < 4.78 is 5.45. The third-order valence-electron chi connectivity index (χ3n) is 3.29. The van der Waals surface area contributed by atoms with Gasteiger partial charge in [-0.3, -0.25) is 10.1 Å². The van der Waals surface area contributed by atoms with E-state index in [2.05, 4.69) is 19.2 Å². The van der Waals surface area contributed by atoms with E-state index in [-0.39, 0.29) is 18.1 Å². The van der Waals surface area contributed by atoms with Crippen molar-refractivity contribution in [2.45, 2.75) is 65.1 Å². The Labute approximate surface area is 126 Å². The van der Waals surface area contributed by atoms with Crippen LogP contribution >= 0.6 is 0 Å². The van der Waals surface area contributed by atoms with Crippen molar-refractivity contribution in [3.05, 3.63) is 0 Å². The fraction of sp³-hybridized carbons (Fsp3) is 0.867. The molecule has 122 valence electrons. The highest BCUT2D eigenvalue weighted by atomic mass is 16.6. The van der Waals surface area contributed by atoms with E-state index in [0.29, 0.717) is 25.4 Å². The van der Waals surface area contributed by atoms with Crippen LogP contribution in [0.15, 0.2) is 0 Å². The maximum Gasteiger partial charge on any atom is 0.407 e. The first-order valence-electron chi connectivity index (χ1n) is 7.55. The molecule has 6 heteroatoms. The van der Waals surface area contributed by atoms with Crippen LogP contribution in [0.25, 0.3) is 0 Å². The molecule has 2 atom stereocenters. The Bertz CT molecular complexity index is 376. The molecule has 1 fully saturated rings. The molecule has 1 heterocycles. The molecule has 0 aromatic carbocycles. The molecule has 2 N–H and O–H groups in total. The fourth-order valence-electron chi connectivity index (χ4n) is 2.43. The van der Waals surface area contributed by atoms with Gasteiger partial charge in [0, 0.05) is 19.1 Å². The Morgan fingerprint density at radius 3 is 2.43 bits per heavy atom. The van der Waals surface area contributed by atoms with Gasteiger partial charge in [0.2, 0.25) is 0 Å². The van der Waals surface area contributed by atoms with Crippen molar-refractivity contribution in [3.63, 3.8) is 0 Å². The largest absolute Gasteiger partial charge is 0.465 e. The second-order valence-electron chi connectivity index (χ2n) is 7.10. The molecule has 0 radical (unpaired) electrons. The van der Waals surface area contributed by atoms with Gasteiger partial charge in [0.05, 0.1) is 0 Å².